The van der Waals surface area contributed by atoms with Crippen molar-refractivity contribution in [1.29, 1.82) is 0 Å². The quantitative estimate of drug-likeness (QED) is 0.300. The van der Waals surface area contributed by atoms with Gasteiger partial charge in [-0.2, -0.15) is 39.5 Å². The predicted octanol–water partition coefficient (Wildman–Crippen LogP) is 1.53. The number of carboxylic acids is 1. The first kappa shape index (κ1) is 26.7. The van der Waals surface area contributed by atoms with Gasteiger partial charge in [-0.15, -0.1) is 0 Å². The number of carbonyl (C=O) groups is 1. The van der Waals surface area contributed by atoms with E-state index in [-0.39, 0.29) is 0 Å². The number of ether oxygens (including phenoxy) is 2. The second-order valence-electron chi connectivity index (χ2n) is 6.41. The predicted molar refractivity (Wildman–Crippen MR) is 75.0 cm³/mol. The number of halogens is 9. The molecule has 0 unspecified atom stereocenters. The zero-order chi connectivity index (χ0) is 23.7. The first-order valence-corrected chi connectivity index (χ1v) is 8.12. The molecule has 0 radical (unpaired) electrons. The first-order valence-electron chi connectivity index (χ1n) is 8.12. The maximum absolute atomic E-state index is 13.3. The smallest absolute Gasteiger partial charge is 0.460 e. The van der Waals surface area contributed by atoms with Crippen molar-refractivity contribution in [3.63, 3.8) is 0 Å². The van der Waals surface area contributed by atoms with Gasteiger partial charge in [0, 0.05) is 13.0 Å². The van der Waals surface area contributed by atoms with E-state index in [1.807, 2.05) is 0 Å². The lowest BCUT2D eigenvalue weighted by atomic mass is 9.98. The Labute approximate surface area is 162 Å². The third-order valence-electron chi connectivity index (χ3n) is 4.19. The number of hydrogen-bond donors (Lipinski definition) is 4. The van der Waals surface area contributed by atoms with Crippen LogP contribution >= 0.6 is 0 Å². The fraction of sp³-hybridized carbons (Fsp3) is 0.929. The fourth-order valence-electron chi connectivity index (χ4n) is 2.40. The lowest BCUT2D eigenvalue weighted by Crippen LogP contribution is -2.60. The molecule has 5 atom stereocenters. The molecule has 1 heterocycles. The zero-order valence-electron chi connectivity index (χ0n) is 14.6. The van der Waals surface area contributed by atoms with E-state index in [0.717, 1.165) is 0 Å². The number of hydrogen-bond acceptors (Lipinski definition) is 6. The van der Waals surface area contributed by atoms with E-state index in [2.05, 4.69) is 4.74 Å². The van der Waals surface area contributed by atoms with Gasteiger partial charge in [-0.25, -0.2) is 4.79 Å². The van der Waals surface area contributed by atoms with Crippen molar-refractivity contribution in [3.05, 3.63) is 0 Å². The monoisotopic (exact) mass is 468 g/mol. The second-order valence-corrected chi connectivity index (χ2v) is 6.41. The SMILES string of the molecule is O=C(O)[C@H]1O[C@@H](OCCCCC(F)(F)C(F)(F)C(F)(F)C(F)(F)F)[C@H](O)[C@@H](O)[C@@H]1O. The van der Waals surface area contributed by atoms with Crippen LogP contribution in [0.3, 0.4) is 0 Å². The minimum absolute atomic E-state index is 0.633. The molecule has 1 aliphatic rings. The van der Waals surface area contributed by atoms with Crippen molar-refractivity contribution in [2.75, 3.05) is 6.61 Å². The van der Waals surface area contributed by atoms with Crippen LogP contribution in [0, 0.1) is 0 Å². The Bertz CT molecular complexity index is 599. The molecular formula is C14H17F9O7. The van der Waals surface area contributed by atoms with Gasteiger partial charge in [0.25, 0.3) is 0 Å². The summed E-state index contributed by atoms with van der Waals surface area (Å²) in [7, 11) is 0. The molecule has 1 aliphatic heterocycles. The van der Waals surface area contributed by atoms with Gasteiger partial charge in [0.1, 0.15) is 18.3 Å². The summed E-state index contributed by atoms with van der Waals surface area (Å²) in [6.45, 7) is -0.728. The average molecular weight is 468 g/mol. The van der Waals surface area contributed by atoms with E-state index < -0.39 is 86.5 Å². The van der Waals surface area contributed by atoms with Gasteiger partial charge in [0.05, 0.1) is 0 Å². The molecule has 0 saturated carbocycles. The topological polar surface area (TPSA) is 116 Å². The minimum Gasteiger partial charge on any atom is -0.479 e. The highest BCUT2D eigenvalue weighted by Crippen LogP contribution is 2.54. The summed E-state index contributed by atoms with van der Waals surface area (Å²) in [6, 6.07) is 0. The molecule has 30 heavy (non-hydrogen) atoms. The van der Waals surface area contributed by atoms with Crippen molar-refractivity contribution in [3.8, 4) is 0 Å². The van der Waals surface area contributed by atoms with Crippen LogP contribution in [0.25, 0.3) is 0 Å². The third kappa shape index (κ3) is 5.09. The summed E-state index contributed by atoms with van der Waals surface area (Å²) < 4.78 is 124. The van der Waals surface area contributed by atoms with Crippen LogP contribution in [-0.4, -0.2) is 87.7 Å². The summed E-state index contributed by atoms with van der Waals surface area (Å²) in [4.78, 5) is 10.9. The molecule has 0 aromatic carbocycles. The van der Waals surface area contributed by atoms with Crippen molar-refractivity contribution in [2.45, 2.75) is 73.9 Å². The van der Waals surface area contributed by atoms with Crippen LogP contribution in [0.4, 0.5) is 39.5 Å². The molecule has 16 heteroatoms. The maximum atomic E-state index is 13.3. The normalized spacial score (nSPS) is 29.1. The minimum atomic E-state index is -6.98. The molecule has 0 spiro atoms. The molecule has 0 aliphatic carbocycles. The van der Waals surface area contributed by atoms with E-state index in [4.69, 9.17) is 9.84 Å². The van der Waals surface area contributed by atoms with Crippen LogP contribution < -0.4 is 0 Å². The Morgan fingerprint density at radius 2 is 1.37 bits per heavy atom. The zero-order valence-corrected chi connectivity index (χ0v) is 14.6. The lowest BCUT2D eigenvalue weighted by molar-refractivity contribution is -0.396. The Morgan fingerprint density at radius 1 is 0.833 bits per heavy atom. The van der Waals surface area contributed by atoms with Crippen molar-refractivity contribution >= 4 is 5.97 Å². The van der Waals surface area contributed by atoms with E-state index >= 15 is 0 Å². The number of rotatable bonds is 9. The molecule has 1 saturated heterocycles. The molecule has 178 valence electrons. The molecule has 4 N–H and O–H groups in total. The molecular weight excluding hydrogens is 451 g/mol. The van der Waals surface area contributed by atoms with E-state index in [9.17, 15) is 59.6 Å². The van der Waals surface area contributed by atoms with Gasteiger partial charge in [-0.05, 0) is 12.8 Å². The van der Waals surface area contributed by atoms with Gasteiger partial charge >= 0.3 is 29.9 Å². The molecule has 7 nitrogen and oxygen atoms in total. The van der Waals surface area contributed by atoms with Crippen LogP contribution in [0.5, 0.6) is 0 Å². The molecule has 1 rings (SSSR count). The lowest BCUT2D eigenvalue weighted by Gasteiger charge is -2.38. The molecule has 1 fully saturated rings. The number of aliphatic hydroxyl groups excluding tert-OH is 3. The molecule has 0 aromatic rings. The van der Waals surface area contributed by atoms with Crippen LogP contribution in [-0.2, 0) is 14.3 Å². The van der Waals surface area contributed by atoms with Gasteiger partial charge in [0.2, 0.25) is 0 Å². The van der Waals surface area contributed by atoms with Crippen LogP contribution in [0.2, 0.25) is 0 Å². The standard InChI is InChI=1S/C14H17F9O7/c15-11(16,12(17,18)13(19,20)14(21,22)23)3-1-2-4-29-10-7(26)5(24)6(25)8(30-10)9(27)28/h5-8,10,24-26H,1-4H2,(H,27,28)/t5-,6-,7+,8-,10+/m0/s1. The van der Waals surface area contributed by atoms with Gasteiger partial charge in [0.15, 0.2) is 12.4 Å². The molecule has 0 aromatic heterocycles. The largest absolute Gasteiger partial charge is 0.479 e. The first-order chi connectivity index (χ1) is 13.4. The number of aliphatic hydroxyl groups is 3. The summed E-state index contributed by atoms with van der Waals surface area (Å²) >= 11 is 0. The summed E-state index contributed by atoms with van der Waals surface area (Å²) in [6.07, 6.45) is -20.7. The second kappa shape index (κ2) is 9.02. The average Bonchev–Trinajstić information content (AvgIpc) is 2.59. The highest BCUT2D eigenvalue weighted by Gasteiger charge is 2.81. The van der Waals surface area contributed by atoms with Gasteiger partial charge < -0.3 is 29.9 Å². The Morgan fingerprint density at radius 3 is 1.83 bits per heavy atom. The number of alkyl halides is 9. The van der Waals surface area contributed by atoms with E-state index in [1.165, 1.54) is 0 Å². The third-order valence-corrected chi connectivity index (χ3v) is 4.19. The summed E-state index contributed by atoms with van der Waals surface area (Å²) in [5, 5.41) is 37.3. The van der Waals surface area contributed by atoms with E-state index in [1.54, 1.807) is 0 Å². The Kier molecular flexibility index (Phi) is 8.02. The van der Waals surface area contributed by atoms with Crippen molar-refractivity contribution < 1.29 is 74.2 Å². The Balaban J connectivity index is 2.61. The number of carboxylic acid groups (broad SMARTS) is 1. The van der Waals surface area contributed by atoms with Gasteiger partial charge in [-0.1, -0.05) is 0 Å². The summed E-state index contributed by atoms with van der Waals surface area (Å²) in [5.41, 5.74) is 0. The van der Waals surface area contributed by atoms with Crippen molar-refractivity contribution in [2.24, 2.45) is 0 Å². The fourth-order valence-corrected chi connectivity index (χ4v) is 2.40. The van der Waals surface area contributed by atoms with Crippen LogP contribution in [0.1, 0.15) is 19.3 Å². The molecule has 0 bridgehead atoms. The van der Waals surface area contributed by atoms with Gasteiger partial charge in [-0.3, -0.25) is 0 Å². The number of unbranched alkanes of at least 4 members (excludes halogenated alkanes) is 1. The van der Waals surface area contributed by atoms with Crippen LogP contribution in [0.15, 0.2) is 0 Å². The Hall–Kier alpha value is -1.36. The van der Waals surface area contributed by atoms with Crippen molar-refractivity contribution in [1.82, 2.24) is 0 Å². The molecule has 0 amide bonds. The highest BCUT2D eigenvalue weighted by molar-refractivity contribution is 5.73. The highest BCUT2D eigenvalue weighted by atomic mass is 19.4. The summed E-state index contributed by atoms with van der Waals surface area (Å²) in [5.74, 6) is -21.2. The van der Waals surface area contributed by atoms with E-state index in [0.29, 0.717) is 0 Å². The number of aliphatic carboxylic acids is 1. The maximum Gasteiger partial charge on any atom is 0.460 e.